The second-order valence-corrected chi connectivity index (χ2v) is 7.48. The van der Waals surface area contributed by atoms with Crippen molar-refractivity contribution in [1.29, 1.82) is 0 Å². The molecule has 1 N–H and O–H groups in total. The Morgan fingerprint density at radius 2 is 2.22 bits per heavy atom. The van der Waals surface area contributed by atoms with E-state index >= 15 is 0 Å². The third-order valence-corrected chi connectivity index (χ3v) is 5.06. The number of hydrogen-bond acceptors (Lipinski definition) is 4. The summed E-state index contributed by atoms with van der Waals surface area (Å²) in [6.07, 6.45) is 5.90. The normalized spacial score (nSPS) is 17.7. The molecule has 144 valence electrons. The number of likely N-dealkylation sites (tertiary alicyclic amines) is 1. The Morgan fingerprint density at radius 3 is 3.00 bits per heavy atom. The van der Waals surface area contributed by atoms with E-state index in [4.69, 9.17) is 4.74 Å². The lowest BCUT2D eigenvalue weighted by Crippen LogP contribution is -2.43. The molecule has 5 heteroatoms. The summed E-state index contributed by atoms with van der Waals surface area (Å²) in [5, 5.41) is 3.10. The lowest BCUT2D eigenvalue weighted by Gasteiger charge is -2.35. The van der Waals surface area contributed by atoms with Crippen LogP contribution in [-0.2, 0) is 6.61 Å². The lowest BCUT2D eigenvalue weighted by molar-refractivity contribution is 0.0922. The number of nitrogens with zero attached hydrogens (tertiary/aromatic N) is 2. The van der Waals surface area contributed by atoms with Crippen LogP contribution in [0.15, 0.2) is 48.8 Å². The number of aromatic nitrogens is 1. The number of ether oxygens (including phenoxy) is 1. The van der Waals surface area contributed by atoms with Gasteiger partial charge < -0.3 is 15.0 Å². The van der Waals surface area contributed by atoms with Gasteiger partial charge in [0.05, 0.1) is 0 Å². The summed E-state index contributed by atoms with van der Waals surface area (Å²) in [6, 6.07) is 11.8. The fraction of sp³-hybridized carbons (Fsp3) is 0.455. The highest BCUT2D eigenvalue weighted by molar-refractivity contribution is 5.94. The molecule has 1 aromatic heterocycles. The summed E-state index contributed by atoms with van der Waals surface area (Å²) in [5.74, 6) is 1.17. The first-order valence-electron chi connectivity index (χ1n) is 9.76. The Bertz CT molecular complexity index is 733. The molecule has 5 nitrogen and oxygen atoms in total. The molecule has 1 atom stereocenters. The Balaban J connectivity index is 1.51. The van der Waals surface area contributed by atoms with Gasteiger partial charge in [0.1, 0.15) is 12.4 Å². The smallest absolute Gasteiger partial charge is 0.251 e. The van der Waals surface area contributed by atoms with E-state index in [-0.39, 0.29) is 5.91 Å². The highest BCUT2D eigenvalue weighted by Gasteiger charge is 2.22. The zero-order valence-electron chi connectivity index (χ0n) is 16.2. The van der Waals surface area contributed by atoms with E-state index in [1.807, 2.05) is 30.3 Å². The van der Waals surface area contributed by atoms with Crippen LogP contribution < -0.4 is 10.1 Å². The van der Waals surface area contributed by atoms with Crippen molar-refractivity contribution in [2.75, 3.05) is 19.6 Å². The van der Waals surface area contributed by atoms with Crippen LogP contribution in [0.1, 0.15) is 42.6 Å². The summed E-state index contributed by atoms with van der Waals surface area (Å²) in [7, 11) is 0. The average molecular weight is 367 g/mol. The second-order valence-electron chi connectivity index (χ2n) is 7.48. The molecule has 0 spiro atoms. The fourth-order valence-corrected chi connectivity index (χ4v) is 3.45. The first-order chi connectivity index (χ1) is 13.1. The van der Waals surface area contributed by atoms with Gasteiger partial charge in [-0.15, -0.1) is 0 Å². The third kappa shape index (κ3) is 5.79. The molecule has 2 aromatic rings. The number of amides is 1. The zero-order chi connectivity index (χ0) is 19.1. The quantitative estimate of drug-likeness (QED) is 0.814. The minimum absolute atomic E-state index is 0.0384. The van der Waals surface area contributed by atoms with Gasteiger partial charge in [0.25, 0.3) is 5.91 Å². The average Bonchev–Trinajstić information content (AvgIpc) is 2.71. The summed E-state index contributed by atoms with van der Waals surface area (Å²) < 4.78 is 5.79. The molecule has 1 amide bonds. The van der Waals surface area contributed by atoms with Crippen LogP contribution in [0.5, 0.6) is 5.75 Å². The molecule has 1 fully saturated rings. The van der Waals surface area contributed by atoms with Crippen molar-refractivity contribution in [3.8, 4) is 5.75 Å². The number of pyridine rings is 1. The largest absolute Gasteiger partial charge is 0.489 e. The first kappa shape index (κ1) is 19.4. The molecule has 0 bridgehead atoms. The van der Waals surface area contributed by atoms with E-state index in [0.717, 1.165) is 18.7 Å². The summed E-state index contributed by atoms with van der Waals surface area (Å²) >= 11 is 0. The van der Waals surface area contributed by atoms with Gasteiger partial charge in [0, 0.05) is 42.7 Å². The molecule has 1 unspecified atom stereocenters. The van der Waals surface area contributed by atoms with Crippen LogP contribution in [0.3, 0.4) is 0 Å². The maximum atomic E-state index is 12.5. The van der Waals surface area contributed by atoms with Crippen LogP contribution in [-0.4, -0.2) is 41.5 Å². The molecule has 1 aromatic carbocycles. The molecule has 27 heavy (non-hydrogen) atoms. The Hall–Kier alpha value is -2.40. The molecule has 1 aliphatic rings. The van der Waals surface area contributed by atoms with E-state index in [1.165, 1.54) is 19.4 Å². The standard InChI is InChI=1S/C22H29N3O2/c1-17(2)25-11-5-7-18(15-25)14-24-22(26)20-8-3-9-21(12-20)27-16-19-6-4-10-23-13-19/h3-4,6,8-10,12-13,17-18H,5,7,11,14-16H2,1-2H3,(H,24,26). The van der Waals surface area contributed by atoms with Crippen molar-refractivity contribution >= 4 is 5.91 Å². The van der Waals surface area contributed by atoms with E-state index < -0.39 is 0 Å². The molecular formula is C22H29N3O2. The molecule has 0 saturated carbocycles. The number of rotatable bonds is 7. The van der Waals surface area contributed by atoms with E-state index in [1.54, 1.807) is 18.5 Å². The first-order valence-corrected chi connectivity index (χ1v) is 9.76. The number of carbonyl (C=O) groups excluding carboxylic acids is 1. The number of benzene rings is 1. The van der Waals surface area contributed by atoms with Crippen LogP contribution >= 0.6 is 0 Å². The molecule has 1 saturated heterocycles. The Morgan fingerprint density at radius 1 is 1.33 bits per heavy atom. The zero-order valence-corrected chi connectivity index (χ0v) is 16.2. The van der Waals surface area contributed by atoms with E-state index in [0.29, 0.717) is 29.9 Å². The van der Waals surface area contributed by atoms with Crippen molar-refractivity contribution < 1.29 is 9.53 Å². The third-order valence-electron chi connectivity index (χ3n) is 5.06. The minimum Gasteiger partial charge on any atom is -0.489 e. The maximum absolute atomic E-state index is 12.5. The van der Waals surface area contributed by atoms with Gasteiger partial charge in [-0.1, -0.05) is 12.1 Å². The highest BCUT2D eigenvalue weighted by atomic mass is 16.5. The van der Waals surface area contributed by atoms with Gasteiger partial charge in [-0.05, 0) is 63.4 Å². The monoisotopic (exact) mass is 367 g/mol. The van der Waals surface area contributed by atoms with Gasteiger partial charge in [-0.3, -0.25) is 9.78 Å². The van der Waals surface area contributed by atoms with Gasteiger partial charge in [0.15, 0.2) is 0 Å². The Labute approximate surface area is 161 Å². The van der Waals surface area contributed by atoms with Gasteiger partial charge in [-0.2, -0.15) is 0 Å². The van der Waals surface area contributed by atoms with Gasteiger partial charge in [-0.25, -0.2) is 0 Å². The lowest BCUT2D eigenvalue weighted by atomic mass is 9.97. The highest BCUT2D eigenvalue weighted by Crippen LogP contribution is 2.18. The van der Waals surface area contributed by atoms with Crippen molar-refractivity contribution in [1.82, 2.24) is 15.2 Å². The minimum atomic E-state index is -0.0384. The number of carbonyl (C=O) groups is 1. The summed E-state index contributed by atoms with van der Waals surface area (Å²) in [6.45, 7) is 7.86. The molecule has 2 heterocycles. The predicted molar refractivity (Wildman–Crippen MR) is 107 cm³/mol. The van der Waals surface area contributed by atoms with E-state index in [9.17, 15) is 4.79 Å². The molecule has 0 radical (unpaired) electrons. The molecule has 3 rings (SSSR count). The van der Waals surface area contributed by atoms with Crippen molar-refractivity contribution in [2.24, 2.45) is 5.92 Å². The second kappa shape index (κ2) is 9.51. The molecule has 0 aliphatic carbocycles. The number of hydrogen-bond donors (Lipinski definition) is 1. The summed E-state index contributed by atoms with van der Waals surface area (Å²) in [5.41, 5.74) is 1.63. The Kier molecular flexibility index (Phi) is 6.82. The maximum Gasteiger partial charge on any atom is 0.251 e. The van der Waals surface area contributed by atoms with Crippen molar-refractivity contribution in [3.05, 3.63) is 59.9 Å². The van der Waals surface area contributed by atoms with Crippen molar-refractivity contribution in [3.63, 3.8) is 0 Å². The summed E-state index contributed by atoms with van der Waals surface area (Å²) in [4.78, 5) is 19.1. The fourth-order valence-electron chi connectivity index (χ4n) is 3.45. The SMILES string of the molecule is CC(C)N1CCCC(CNC(=O)c2cccc(OCc3cccnc3)c2)C1. The number of nitrogens with one attached hydrogen (secondary N) is 1. The molecule has 1 aliphatic heterocycles. The number of piperidine rings is 1. The predicted octanol–water partition coefficient (Wildman–Crippen LogP) is 3.51. The van der Waals surface area contributed by atoms with Crippen molar-refractivity contribution in [2.45, 2.75) is 39.3 Å². The van der Waals surface area contributed by atoms with Gasteiger partial charge in [0.2, 0.25) is 0 Å². The van der Waals surface area contributed by atoms with Crippen LogP contribution in [0, 0.1) is 5.92 Å². The topological polar surface area (TPSA) is 54.5 Å². The van der Waals surface area contributed by atoms with Crippen LogP contribution in [0.4, 0.5) is 0 Å². The van der Waals surface area contributed by atoms with Gasteiger partial charge >= 0.3 is 0 Å². The van der Waals surface area contributed by atoms with E-state index in [2.05, 4.69) is 29.0 Å². The van der Waals surface area contributed by atoms with Crippen LogP contribution in [0.25, 0.3) is 0 Å². The van der Waals surface area contributed by atoms with Crippen LogP contribution in [0.2, 0.25) is 0 Å². The molecular weight excluding hydrogens is 338 g/mol.